The number of nitrogens with zero attached hydrogens (tertiary/aromatic N) is 1. The van der Waals surface area contributed by atoms with Crippen LogP contribution in [0.1, 0.15) is 18.1 Å². The van der Waals surface area contributed by atoms with E-state index in [1.807, 2.05) is 43.4 Å². The molecule has 2 aromatic carbocycles. The molecule has 0 saturated heterocycles. The number of benzene rings is 2. The van der Waals surface area contributed by atoms with E-state index < -0.39 is 0 Å². The molecule has 0 aromatic heterocycles. The van der Waals surface area contributed by atoms with E-state index in [9.17, 15) is 4.79 Å². The lowest BCUT2D eigenvalue weighted by Crippen LogP contribution is -2.19. The number of carbonyl (C=O) groups is 1. The Hall–Kier alpha value is -2.00. The molecule has 0 spiro atoms. The Kier molecular flexibility index (Phi) is 5.23. The molecule has 0 heterocycles. The Morgan fingerprint density at radius 3 is 2.48 bits per heavy atom. The number of nitrogens with one attached hydrogen (secondary N) is 1. The van der Waals surface area contributed by atoms with Gasteiger partial charge in [-0.1, -0.05) is 35.9 Å². The fourth-order valence-electron chi connectivity index (χ4n) is 2.13. The number of halogens is 1. The van der Waals surface area contributed by atoms with E-state index in [2.05, 4.69) is 22.3 Å². The number of amides is 1. The van der Waals surface area contributed by atoms with Crippen molar-refractivity contribution in [1.82, 2.24) is 5.32 Å². The summed E-state index contributed by atoms with van der Waals surface area (Å²) < 4.78 is 0. The van der Waals surface area contributed by atoms with Gasteiger partial charge in [0, 0.05) is 37.8 Å². The van der Waals surface area contributed by atoms with E-state index >= 15 is 0 Å². The lowest BCUT2D eigenvalue weighted by molar-refractivity contribution is -0.119. The molecular weight excluding hydrogens is 284 g/mol. The SMILES string of the molecule is CC(=O)NCc1cccc(CN(C)c2ccc(Cl)cc2)c1. The minimum Gasteiger partial charge on any atom is -0.370 e. The maximum absolute atomic E-state index is 11.0. The minimum absolute atomic E-state index is 0.0151. The van der Waals surface area contributed by atoms with Gasteiger partial charge in [-0.05, 0) is 35.4 Å². The van der Waals surface area contributed by atoms with Crippen molar-refractivity contribution < 1.29 is 4.79 Å². The highest BCUT2D eigenvalue weighted by Crippen LogP contribution is 2.19. The molecule has 3 nitrogen and oxygen atoms in total. The molecule has 0 saturated carbocycles. The molecule has 21 heavy (non-hydrogen) atoms. The summed E-state index contributed by atoms with van der Waals surface area (Å²) in [6.07, 6.45) is 0. The van der Waals surface area contributed by atoms with Crippen LogP contribution in [0.3, 0.4) is 0 Å². The largest absolute Gasteiger partial charge is 0.370 e. The molecule has 0 aliphatic rings. The Balaban J connectivity index is 2.03. The first-order valence-electron chi connectivity index (χ1n) is 6.83. The summed E-state index contributed by atoms with van der Waals surface area (Å²) in [4.78, 5) is 13.1. The predicted molar refractivity (Wildman–Crippen MR) is 87.5 cm³/mol. The molecule has 0 bridgehead atoms. The zero-order chi connectivity index (χ0) is 15.2. The van der Waals surface area contributed by atoms with Gasteiger partial charge in [-0.3, -0.25) is 4.79 Å². The molecule has 0 unspecified atom stereocenters. The average Bonchev–Trinajstić information content (AvgIpc) is 2.46. The second kappa shape index (κ2) is 7.14. The summed E-state index contributed by atoms with van der Waals surface area (Å²) in [5.41, 5.74) is 3.43. The smallest absolute Gasteiger partial charge is 0.217 e. The van der Waals surface area contributed by atoms with Gasteiger partial charge in [0.1, 0.15) is 0 Å². The van der Waals surface area contributed by atoms with E-state index in [1.165, 1.54) is 12.5 Å². The molecular formula is C17H19ClN2O. The van der Waals surface area contributed by atoms with Gasteiger partial charge in [-0.25, -0.2) is 0 Å². The predicted octanol–water partition coefficient (Wildman–Crippen LogP) is 3.61. The standard InChI is InChI=1S/C17H19ClN2O/c1-13(21)19-11-14-4-3-5-15(10-14)12-20(2)17-8-6-16(18)7-9-17/h3-10H,11-12H2,1-2H3,(H,19,21). The first-order valence-corrected chi connectivity index (χ1v) is 7.21. The quantitative estimate of drug-likeness (QED) is 0.915. The van der Waals surface area contributed by atoms with Crippen molar-refractivity contribution in [2.24, 2.45) is 0 Å². The van der Waals surface area contributed by atoms with E-state index in [-0.39, 0.29) is 5.91 Å². The number of hydrogen-bond donors (Lipinski definition) is 1. The normalized spacial score (nSPS) is 10.2. The van der Waals surface area contributed by atoms with Crippen LogP contribution in [0.5, 0.6) is 0 Å². The van der Waals surface area contributed by atoms with E-state index in [4.69, 9.17) is 11.6 Å². The average molecular weight is 303 g/mol. The Bertz CT molecular complexity index is 610. The van der Waals surface area contributed by atoms with Crippen molar-refractivity contribution in [3.63, 3.8) is 0 Å². The third-order valence-corrected chi connectivity index (χ3v) is 3.47. The topological polar surface area (TPSA) is 32.3 Å². The maximum atomic E-state index is 11.0. The number of rotatable bonds is 5. The van der Waals surface area contributed by atoms with Crippen LogP contribution in [0.15, 0.2) is 48.5 Å². The van der Waals surface area contributed by atoms with E-state index in [1.54, 1.807) is 0 Å². The highest BCUT2D eigenvalue weighted by atomic mass is 35.5. The van der Waals surface area contributed by atoms with Crippen molar-refractivity contribution in [1.29, 1.82) is 0 Å². The van der Waals surface area contributed by atoms with Gasteiger partial charge in [0.15, 0.2) is 0 Å². The number of hydrogen-bond acceptors (Lipinski definition) is 2. The van der Waals surface area contributed by atoms with Crippen molar-refractivity contribution in [3.8, 4) is 0 Å². The van der Waals surface area contributed by atoms with Gasteiger partial charge in [0.2, 0.25) is 5.91 Å². The van der Waals surface area contributed by atoms with Gasteiger partial charge < -0.3 is 10.2 Å². The Labute approximate surface area is 130 Å². The van der Waals surface area contributed by atoms with Crippen LogP contribution < -0.4 is 10.2 Å². The zero-order valence-electron chi connectivity index (χ0n) is 12.3. The third-order valence-electron chi connectivity index (χ3n) is 3.22. The Morgan fingerprint density at radius 1 is 1.14 bits per heavy atom. The molecule has 0 fully saturated rings. The van der Waals surface area contributed by atoms with E-state index in [0.717, 1.165) is 22.8 Å². The van der Waals surface area contributed by atoms with Crippen molar-refractivity contribution in [2.45, 2.75) is 20.0 Å². The van der Waals surface area contributed by atoms with Gasteiger partial charge in [-0.15, -0.1) is 0 Å². The molecule has 0 radical (unpaired) electrons. The lowest BCUT2D eigenvalue weighted by Gasteiger charge is -2.20. The molecule has 1 amide bonds. The summed E-state index contributed by atoms with van der Waals surface area (Å²) >= 11 is 5.90. The summed E-state index contributed by atoms with van der Waals surface area (Å²) in [7, 11) is 2.05. The van der Waals surface area contributed by atoms with Crippen molar-refractivity contribution >= 4 is 23.2 Å². The van der Waals surface area contributed by atoms with Gasteiger partial charge in [0.05, 0.1) is 0 Å². The van der Waals surface area contributed by atoms with Crippen LogP contribution in [-0.4, -0.2) is 13.0 Å². The van der Waals surface area contributed by atoms with Crippen LogP contribution >= 0.6 is 11.6 Å². The molecule has 0 aliphatic carbocycles. The monoisotopic (exact) mass is 302 g/mol. The van der Waals surface area contributed by atoms with Crippen LogP contribution in [0, 0.1) is 0 Å². The summed E-state index contributed by atoms with van der Waals surface area (Å²) in [5.74, 6) is -0.0151. The number of carbonyl (C=O) groups excluding carboxylic acids is 1. The number of anilines is 1. The van der Waals surface area contributed by atoms with E-state index in [0.29, 0.717) is 6.54 Å². The summed E-state index contributed by atoms with van der Waals surface area (Å²) in [6.45, 7) is 2.89. The van der Waals surface area contributed by atoms with Crippen LogP contribution in [0.25, 0.3) is 0 Å². The van der Waals surface area contributed by atoms with Crippen LogP contribution in [-0.2, 0) is 17.9 Å². The summed E-state index contributed by atoms with van der Waals surface area (Å²) in [5, 5.41) is 3.55. The van der Waals surface area contributed by atoms with Gasteiger partial charge >= 0.3 is 0 Å². The first-order chi connectivity index (χ1) is 10.0. The first kappa shape index (κ1) is 15.4. The summed E-state index contributed by atoms with van der Waals surface area (Å²) in [6, 6.07) is 16.0. The highest BCUT2D eigenvalue weighted by molar-refractivity contribution is 6.30. The van der Waals surface area contributed by atoms with Gasteiger partial charge in [-0.2, -0.15) is 0 Å². The van der Waals surface area contributed by atoms with Gasteiger partial charge in [0.25, 0.3) is 0 Å². The minimum atomic E-state index is -0.0151. The molecule has 4 heteroatoms. The Morgan fingerprint density at radius 2 is 1.81 bits per heavy atom. The third kappa shape index (κ3) is 4.80. The fraction of sp³-hybridized carbons (Fsp3) is 0.235. The molecule has 2 aromatic rings. The lowest BCUT2D eigenvalue weighted by atomic mass is 10.1. The molecule has 0 aliphatic heterocycles. The fourth-order valence-corrected chi connectivity index (χ4v) is 2.25. The van der Waals surface area contributed by atoms with Crippen LogP contribution in [0.2, 0.25) is 5.02 Å². The zero-order valence-corrected chi connectivity index (χ0v) is 13.0. The molecule has 2 rings (SSSR count). The molecule has 0 atom stereocenters. The second-order valence-corrected chi connectivity index (χ2v) is 5.50. The second-order valence-electron chi connectivity index (χ2n) is 5.06. The maximum Gasteiger partial charge on any atom is 0.217 e. The molecule has 110 valence electrons. The van der Waals surface area contributed by atoms with Crippen molar-refractivity contribution in [2.75, 3.05) is 11.9 Å². The molecule has 1 N–H and O–H groups in total. The van der Waals surface area contributed by atoms with Crippen molar-refractivity contribution in [3.05, 3.63) is 64.7 Å². The van der Waals surface area contributed by atoms with Crippen LogP contribution in [0.4, 0.5) is 5.69 Å². The highest BCUT2D eigenvalue weighted by Gasteiger charge is 2.03.